The molecule has 0 radical (unpaired) electrons. The van der Waals surface area contributed by atoms with Crippen LogP contribution in [0.1, 0.15) is 15.9 Å². The highest BCUT2D eigenvalue weighted by Crippen LogP contribution is 2.20. The summed E-state index contributed by atoms with van der Waals surface area (Å²) in [4.78, 5) is 35.3. The summed E-state index contributed by atoms with van der Waals surface area (Å²) in [7, 11) is 0. The molecule has 0 aliphatic carbocycles. The molecule has 0 saturated carbocycles. The van der Waals surface area contributed by atoms with Gasteiger partial charge in [0.2, 0.25) is 0 Å². The van der Waals surface area contributed by atoms with E-state index in [4.69, 9.17) is 5.73 Å². The van der Waals surface area contributed by atoms with Crippen molar-refractivity contribution in [3.05, 3.63) is 58.1 Å². The van der Waals surface area contributed by atoms with Gasteiger partial charge in [-0.1, -0.05) is 28.1 Å². The van der Waals surface area contributed by atoms with E-state index in [2.05, 4.69) is 26.6 Å². The van der Waals surface area contributed by atoms with Crippen LogP contribution in [0, 0.1) is 6.92 Å². The van der Waals surface area contributed by atoms with E-state index in [1.54, 1.807) is 31.2 Å². The lowest BCUT2D eigenvalue weighted by Gasteiger charge is -2.10. The van der Waals surface area contributed by atoms with Crippen molar-refractivity contribution >= 4 is 45.0 Å². The minimum Gasteiger partial charge on any atom is -0.366 e. The smallest absolute Gasteiger partial charge is 0.314 e. The van der Waals surface area contributed by atoms with Gasteiger partial charge in [0.15, 0.2) is 0 Å². The molecule has 118 valence electrons. The molecule has 2 aromatic rings. The summed E-state index contributed by atoms with van der Waals surface area (Å²) in [5.74, 6) is -2.42. The Morgan fingerprint density at radius 3 is 2.17 bits per heavy atom. The molecule has 0 bridgehead atoms. The Morgan fingerprint density at radius 2 is 1.57 bits per heavy atom. The van der Waals surface area contributed by atoms with Gasteiger partial charge >= 0.3 is 11.8 Å². The number of aryl methyl sites for hydroxylation is 1. The van der Waals surface area contributed by atoms with Crippen molar-refractivity contribution in [3.8, 4) is 0 Å². The standard InChI is InChI=1S/C16H14BrN3O3/c1-9-8-10(17)6-7-12(9)19-15(22)16(23)20-13-5-3-2-4-11(13)14(18)21/h2-8H,1H3,(H2,18,21)(H,19,22)(H,20,23). The first kappa shape index (κ1) is 16.7. The van der Waals surface area contributed by atoms with Crippen molar-refractivity contribution < 1.29 is 14.4 Å². The SMILES string of the molecule is Cc1cc(Br)ccc1NC(=O)C(=O)Nc1ccccc1C(N)=O. The summed E-state index contributed by atoms with van der Waals surface area (Å²) >= 11 is 3.32. The number of anilines is 2. The van der Waals surface area contributed by atoms with Crippen LogP contribution in [0.3, 0.4) is 0 Å². The second-order valence-corrected chi connectivity index (χ2v) is 5.69. The molecule has 0 heterocycles. The van der Waals surface area contributed by atoms with Gasteiger partial charge in [-0.2, -0.15) is 0 Å². The van der Waals surface area contributed by atoms with Gasteiger partial charge in [-0.15, -0.1) is 0 Å². The van der Waals surface area contributed by atoms with Gasteiger partial charge in [-0.05, 0) is 42.8 Å². The molecule has 0 unspecified atom stereocenters. The Morgan fingerprint density at radius 1 is 0.957 bits per heavy atom. The average molecular weight is 376 g/mol. The monoisotopic (exact) mass is 375 g/mol. The van der Waals surface area contributed by atoms with Crippen LogP contribution in [0.25, 0.3) is 0 Å². The molecule has 0 saturated heterocycles. The van der Waals surface area contributed by atoms with E-state index in [0.29, 0.717) is 5.69 Å². The van der Waals surface area contributed by atoms with Crippen molar-refractivity contribution in [2.45, 2.75) is 6.92 Å². The number of benzene rings is 2. The number of para-hydroxylation sites is 1. The molecule has 6 nitrogen and oxygen atoms in total. The number of hydrogen-bond donors (Lipinski definition) is 3. The summed E-state index contributed by atoms with van der Waals surface area (Å²) in [5, 5.41) is 4.90. The van der Waals surface area contributed by atoms with Gasteiger partial charge in [0, 0.05) is 10.2 Å². The van der Waals surface area contributed by atoms with Crippen molar-refractivity contribution in [3.63, 3.8) is 0 Å². The first-order chi connectivity index (χ1) is 10.9. The lowest BCUT2D eigenvalue weighted by Crippen LogP contribution is -2.30. The lowest BCUT2D eigenvalue weighted by atomic mass is 10.1. The Balaban J connectivity index is 2.12. The highest BCUT2D eigenvalue weighted by molar-refractivity contribution is 9.10. The number of nitrogens with two attached hydrogens (primary N) is 1. The molecule has 0 atom stereocenters. The molecule has 23 heavy (non-hydrogen) atoms. The number of nitrogens with one attached hydrogen (secondary N) is 2. The minimum absolute atomic E-state index is 0.133. The molecule has 7 heteroatoms. The quantitative estimate of drug-likeness (QED) is 0.717. The fourth-order valence-electron chi connectivity index (χ4n) is 1.93. The van der Waals surface area contributed by atoms with Crippen LogP contribution < -0.4 is 16.4 Å². The highest BCUT2D eigenvalue weighted by atomic mass is 79.9. The zero-order chi connectivity index (χ0) is 17.0. The third-order valence-corrected chi connectivity index (χ3v) is 3.58. The molecule has 3 amide bonds. The van der Waals surface area contributed by atoms with E-state index >= 15 is 0 Å². The summed E-state index contributed by atoms with van der Waals surface area (Å²) in [6.07, 6.45) is 0. The molecule has 0 spiro atoms. The van der Waals surface area contributed by atoms with Crippen molar-refractivity contribution in [1.82, 2.24) is 0 Å². The van der Waals surface area contributed by atoms with Crippen LogP contribution in [-0.2, 0) is 9.59 Å². The Hall–Kier alpha value is -2.67. The first-order valence-electron chi connectivity index (χ1n) is 6.66. The van der Waals surface area contributed by atoms with E-state index in [1.165, 1.54) is 12.1 Å². The third kappa shape index (κ3) is 4.17. The first-order valence-corrected chi connectivity index (χ1v) is 7.45. The van der Waals surface area contributed by atoms with E-state index in [-0.39, 0.29) is 11.3 Å². The summed E-state index contributed by atoms with van der Waals surface area (Å²) in [6.45, 7) is 1.81. The molecular weight excluding hydrogens is 362 g/mol. The molecule has 2 rings (SSSR count). The zero-order valence-electron chi connectivity index (χ0n) is 12.2. The molecular formula is C16H14BrN3O3. The highest BCUT2D eigenvalue weighted by Gasteiger charge is 2.17. The normalized spacial score (nSPS) is 10.0. The fraction of sp³-hybridized carbons (Fsp3) is 0.0625. The van der Waals surface area contributed by atoms with Crippen molar-refractivity contribution in [2.24, 2.45) is 5.73 Å². The number of rotatable bonds is 3. The van der Waals surface area contributed by atoms with Gasteiger partial charge in [-0.3, -0.25) is 14.4 Å². The van der Waals surface area contributed by atoms with Crippen LogP contribution in [-0.4, -0.2) is 17.7 Å². The largest absolute Gasteiger partial charge is 0.366 e. The van der Waals surface area contributed by atoms with Gasteiger partial charge in [0.1, 0.15) is 0 Å². The molecule has 2 aromatic carbocycles. The van der Waals surface area contributed by atoms with E-state index in [0.717, 1.165) is 10.0 Å². The number of primary amides is 1. The topological polar surface area (TPSA) is 101 Å². The molecule has 0 aliphatic heterocycles. The van der Waals surface area contributed by atoms with Crippen molar-refractivity contribution in [2.75, 3.05) is 10.6 Å². The van der Waals surface area contributed by atoms with Gasteiger partial charge < -0.3 is 16.4 Å². The number of carbonyl (C=O) groups is 3. The molecule has 0 aromatic heterocycles. The van der Waals surface area contributed by atoms with Gasteiger partial charge in [-0.25, -0.2) is 0 Å². The third-order valence-electron chi connectivity index (χ3n) is 3.08. The van der Waals surface area contributed by atoms with Gasteiger partial charge in [0.25, 0.3) is 5.91 Å². The molecule has 0 aliphatic rings. The van der Waals surface area contributed by atoms with Crippen LogP contribution in [0.2, 0.25) is 0 Å². The predicted octanol–water partition coefficient (Wildman–Crippen LogP) is 2.43. The Labute approximate surface area is 141 Å². The number of halogens is 1. The average Bonchev–Trinajstić information content (AvgIpc) is 2.50. The summed E-state index contributed by atoms with van der Waals surface area (Å²) in [5.41, 5.74) is 6.88. The molecule has 4 N–H and O–H groups in total. The second-order valence-electron chi connectivity index (χ2n) is 4.78. The number of carbonyl (C=O) groups excluding carboxylic acids is 3. The van der Waals surface area contributed by atoms with E-state index in [1.807, 2.05) is 6.07 Å². The van der Waals surface area contributed by atoms with Crippen LogP contribution in [0.4, 0.5) is 11.4 Å². The van der Waals surface area contributed by atoms with Crippen molar-refractivity contribution in [1.29, 1.82) is 0 Å². The van der Waals surface area contributed by atoms with Crippen LogP contribution >= 0.6 is 15.9 Å². The van der Waals surface area contributed by atoms with E-state index < -0.39 is 17.7 Å². The van der Waals surface area contributed by atoms with Gasteiger partial charge in [0.05, 0.1) is 11.3 Å². The Kier molecular flexibility index (Phi) is 5.13. The lowest BCUT2D eigenvalue weighted by molar-refractivity contribution is -0.133. The van der Waals surface area contributed by atoms with E-state index in [9.17, 15) is 14.4 Å². The van der Waals surface area contributed by atoms with Crippen LogP contribution in [0.5, 0.6) is 0 Å². The summed E-state index contributed by atoms with van der Waals surface area (Å²) < 4.78 is 0.868. The maximum absolute atomic E-state index is 12.0. The maximum atomic E-state index is 12.0. The maximum Gasteiger partial charge on any atom is 0.314 e. The second kappa shape index (κ2) is 7.06. The Bertz CT molecular complexity index is 790. The van der Waals surface area contributed by atoms with Crippen LogP contribution in [0.15, 0.2) is 46.9 Å². The minimum atomic E-state index is -0.888. The zero-order valence-corrected chi connectivity index (χ0v) is 13.8. The molecule has 0 fully saturated rings. The summed E-state index contributed by atoms with van der Waals surface area (Å²) in [6, 6.07) is 11.4. The fourth-order valence-corrected chi connectivity index (χ4v) is 2.41. The predicted molar refractivity (Wildman–Crippen MR) is 91.1 cm³/mol. The number of hydrogen-bond acceptors (Lipinski definition) is 3. The number of amides is 3.